The van der Waals surface area contributed by atoms with E-state index in [4.69, 9.17) is 0 Å². The number of unbranched alkanes of at least 4 members (excludes halogenated alkanes) is 19. The van der Waals surface area contributed by atoms with Gasteiger partial charge in [-0.15, -0.1) is 0 Å². The zero-order valence-electron chi connectivity index (χ0n) is 30.4. The largest absolute Gasteiger partial charge is 0.258 e. The molecule has 256 valence electrons. The third-order valence-electron chi connectivity index (χ3n) is 10.6. The first-order chi connectivity index (χ1) is 22.7. The Morgan fingerprint density at radius 1 is 0.565 bits per heavy atom. The molecule has 46 heavy (non-hydrogen) atoms. The third kappa shape index (κ3) is 14.2. The summed E-state index contributed by atoms with van der Waals surface area (Å²) in [6.07, 6.45) is 36.1. The Bertz CT molecular complexity index is 1100. The third-order valence-corrected chi connectivity index (χ3v) is 10.6. The van der Waals surface area contributed by atoms with Crippen LogP contribution in [0.1, 0.15) is 185 Å². The standard InChI is InChI=1S/C44H70N2/c1-4-6-8-10-11-12-13-14-15-16-17-18-19-20-21-29-35-42(43-45-36-38-46(43)37-30-22-9-7-5-2)44(3,41-33-27-24-28-34-41)39-40-31-25-23-26-32-40/h23-28,31-34,36,38,42H,4-22,29-30,35,37,39H2,1-3H3/p+1. The molecule has 0 saturated heterocycles. The predicted molar refractivity (Wildman–Crippen MR) is 201 cm³/mol. The maximum absolute atomic E-state index is 3.79. The van der Waals surface area contributed by atoms with Crippen molar-refractivity contribution in [3.63, 3.8) is 0 Å². The van der Waals surface area contributed by atoms with Crippen molar-refractivity contribution in [1.82, 2.24) is 4.98 Å². The molecule has 1 aromatic heterocycles. The van der Waals surface area contributed by atoms with E-state index in [1.807, 2.05) is 0 Å². The van der Waals surface area contributed by atoms with Crippen LogP contribution in [0.2, 0.25) is 0 Å². The van der Waals surface area contributed by atoms with Crippen LogP contribution in [0.3, 0.4) is 0 Å². The lowest BCUT2D eigenvalue weighted by Crippen LogP contribution is -2.43. The van der Waals surface area contributed by atoms with Crippen molar-refractivity contribution in [2.75, 3.05) is 0 Å². The zero-order valence-corrected chi connectivity index (χ0v) is 30.4. The topological polar surface area (TPSA) is 19.7 Å². The van der Waals surface area contributed by atoms with E-state index in [-0.39, 0.29) is 5.41 Å². The number of nitrogens with zero attached hydrogens (tertiary/aromatic N) is 1. The first-order valence-corrected chi connectivity index (χ1v) is 19.8. The Hall–Kier alpha value is -2.35. The van der Waals surface area contributed by atoms with Gasteiger partial charge in [0.25, 0.3) is 5.82 Å². The SMILES string of the molecule is CCCCCCCCCCCCCCCCCCC(c1[nH]cc[n+]1CCCCCCC)C(C)(Cc1ccccc1)c1ccccc1. The number of aromatic amines is 1. The van der Waals surface area contributed by atoms with Crippen molar-refractivity contribution in [3.05, 3.63) is 90.0 Å². The van der Waals surface area contributed by atoms with Gasteiger partial charge >= 0.3 is 0 Å². The van der Waals surface area contributed by atoms with Crippen molar-refractivity contribution in [2.24, 2.45) is 0 Å². The van der Waals surface area contributed by atoms with Gasteiger partial charge in [-0.3, -0.25) is 0 Å². The molecular formula is C44H71N2+. The Labute approximate surface area is 285 Å². The van der Waals surface area contributed by atoms with E-state index in [2.05, 4.69) is 103 Å². The summed E-state index contributed by atoms with van der Waals surface area (Å²) in [7, 11) is 0. The van der Waals surface area contributed by atoms with E-state index in [1.54, 1.807) is 0 Å². The second kappa shape index (κ2) is 23.9. The molecule has 0 fully saturated rings. The van der Waals surface area contributed by atoms with E-state index in [0.29, 0.717) is 5.92 Å². The van der Waals surface area contributed by atoms with Gasteiger partial charge in [-0.1, -0.05) is 203 Å². The zero-order chi connectivity index (χ0) is 32.5. The summed E-state index contributed by atoms with van der Waals surface area (Å²) in [4.78, 5) is 3.79. The highest BCUT2D eigenvalue weighted by atomic mass is 15.1. The van der Waals surface area contributed by atoms with Crippen LogP contribution in [-0.4, -0.2) is 4.98 Å². The van der Waals surface area contributed by atoms with Crippen LogP contribution in [-0.2, 0) is 18.4 Å². The molecule has 1 N–H and O–H groups in total. The molecule has 2 unspecified atom stereocenters. The van der Waals surface area contributed by atoms with Gasteiger partial charge < -0.3 is 0 Å². The second-order valence-corrected chi connectivity index (χ2v) is 14.5. The lowest BCUT2D eigenvalue weighted by atomic mass is 9.66. The number of aromatic nitrogens is 2. The number of nitrogens with one attached hydrogen (secondary N) is 1. The van der Waals surface area contributed by atoms with Crippen molar-refractivity contribution < 1.29 is 4.57 Å². The quantitative estimate of drug-likeness (QED) is 0.0610. The smallest absolute Gasteiger partial charge is 0.247 e. The summed E-state index contributed by atoms with van der Waals surface area (Å²) in [5, 5.41) is 0. The van der Waals surface area contributed by atoms with Gasteiger partial charge in [0, 0.05) is 5.41 Å². The summed E-state index contributed by atoms with van der Waals surface area (Å²) in [5.41, 5.74) is 2.90. The average molecular weight is 628 g/mol. The Morgan fingerprint density at radius 3 is 1.54 bits per heavy atom. The van der Waals surface area contributed by atoms with Crippen molar-refractivity contribution in [1.29, 1.82) is 0 Å². The van der Waals surface area contributed by atoms with Crippen LogP contribution < -0.4 is 4.57 Å². The molecule has 0 aliphatic rings. The average Bonchev–Trinajstić information content (AvgIpc) is 3.54. The molecule has 0 bridgehead atoms. The highest BCUT2D eigenvalue weighted by Crippen LogP contribution is 2.43. The van der Waals surface area contributed by atoms with Gasteiger partial charge in [0.05, 0.1) is 12.5 Å². The molecule has 2 atom stereocenters. The molecule has 0 radical (unpaired) electrons. The van der Waals surface area contributed by atoms with Crippen LogP contribution in [0, 0.1) is 0 Å². The number of hydrogen-bond donors (Lipinski definition) is 1. The lowest BCUT2D eigenvalue weighted by molar-refractivity contribution is -0.705. The highest BCUT2D eigenvalue weighted by Gasteiger charge is 2.41. The Balaban J connectivity index is 1.54. The minimum Gasteiger partial charge on any atom is -0.247 e. The summed E-state index contributed by atoms with van der Waals surface area (Å²) in [6.45, 7) is 8.27. The molecule has 1 heterocycles. The molecule has 3 rings (SSSR count). The molecular weight excluding hydrogens is 556 g/mol. The first-order valence-electron chi connectivity index (χ1n) is 19.8. The van der Waals surface area contributed by atoms with Gasteiger partial charge in [-0.25, -0.2) is 9.55 Å². The number of H-pyrrole nitrogens is 1. The fourth-order valence-corrected chi connectivity index (χ4v) is 7.68. The van der Waals surface area contributed by atoms with Crippen LogP contribution in [0.15, 0.2) is 73.1 Å². The molecule has 0 spiro atoms. The van der Waals surface area contributed by atoms with Crippen molar-refractivity contribution in [2.45, 2.75) is 186 Å². The summed E-state index contributed by atoms with van der Waals surface area (Å²) in [6, 6.07) is 22.6. The van der Waals surface area contributed by atoms with Gasteiger partial charge in [0.1, 0.15) is 12.4 Å². The minimum atomic E-state index is 0.00688. The summed E-state index contributed by atoms with van der Waals surface area (Å²) in [5.74, 6) is 1.87. The van der Waals surface area contributed by atoms with E-state index in [1.165, 1.54) is 158 Å². The summed E-state index contributed by atoms with van der Waals surface area (Å²) < 4.78 is 2.56. The number of aryl methyl sites for hydroxylation is 1. The van der Waals surface area contributed by atoms with E-state index >= 15 is 0 Å². The van der Waals surface area contributed by atoms with E-state index in [9.17, 15) is 0 Å². The molecule has 2 nitrogen and oxygen atoms in total. The maximum atomic E-state index is 3.79. The minimum absolute atomic E-state index is 0.00688. The summed E-state index contributed by atoms with van der Waals surface area (Å²) >= 11 is 0. The van der Waals surface area contributed by atoms with Crippen LogP contribution in [0.4, 0.5) is 0 Å². The maximum Gasteiger partial charge on any atom is 0.258 e. The molecule has 0 aliphatic heterocycles. The monoisotopic (exact) mass is 628 g/mol. The number of imidazole rings is 1. The Morgan fingerprint density at radius 2 is 1.02 bits per heavy atom. The van der Waals surface area contributed by atoms with Gasteiger partial charge in [0.15, 0.2) is 0 Å². The number of rotatable bonds is 28. The lowest BCUT2D eigenvalue weighted by Gasteiger charge is -2.37. The van der Waals surface area contributed by atoms with E-state index < -0.39 is 0 Å². The van der Waals surface area contributed by atoms with Crippen LogP contribution in [0.25, 0.3) is 0 Å². The molecule has 0 amide bonds. The van der Waals surface area contributed by atoms with Crippen LogP contribution >= 0.6 is 0 Å². The van der Waals surface area contributed by atoms with Gasteiger partial charge in [-0.2, -0.15) is 0 Å². The molecule has 2 aromatic carbocycles. The van der Waals surface area contributed by atoms with Crippen LogP contribution in [0.5, 0.6) is 0 Å². The van der Waals surface area contributed by atoms with Crippen molar-refractivity contribution >= 4 is 0 Å². The molecule has 0 saturated carbocycles. The predicted octanol–water partition coefficient (Wildman–Crippen LogP) is 13.2. The fourth-order valence-electron chi connectivity index (χ4n) is 7.68. The highest BCUT2D eigenvalue weighted by molar-refractivity contribution is 5.32. The van der Waals surface area contributed by atoms with Crippen molar-refractivity contribution in [3.8, 4) is 0 Å². The Kier molecular flexibility index (Phi) is 19.8. The first kappa shape index (κ1) is 38.1. The molecule has 2 heteroatoms. The van der Waals surface area contributed by atoms with E-state index in [0.717, 1.165) is 13.0 Å². The second-order valence-electron chi connectivity index (χ2n) is 14.5. The fraction of sp³-hybridized carbons (Fsp3) is 0.659. The normalized spacial score (nSPS) is 13.5. The number of benzene rings is 2. The molecule has 0 aliphatic carbocycles. The molecule has 3 aromatic rings. The van der Waals surface area contributed by atoms with Gasteiger partial charge in [-0.05, 0) is 36.8 Å². The number of hydrogen-bond acceptors (Lipinski definition) is 0. The van der Waals surface area contributed by atoms with Gasteiger partial charge in [0.2, 0.25) is 0 Å².